The number of carbonyl (C=O) groups is 2. The summed E-state index contributed by atoms with van der Waals surface area (Å²) in [6, 6.07) is 24.4. The Morgan fingerprint density at radius 3 is 2.09 bits per heavy atom. The van der Waals surface area contributed by atoms with Crippen LogP contribution in [-0.2, 0) is 22.0 Å². The summed E-state index contributed by atoms with van der Waals surface area (Å²) in [7, 11) is 0. The highest BCUT2D eigenvalue weighted by atomic mass is 16.5. The molecular formula is C39H39NO5. The number of carbonyl (C=O) groups excluding carboxylic acids is 2. The maximum absolute atomic E-state index is 13.6. The van der Waals surface area contributed by atoms with Crippen LogP contribution in [0.2, 0.25) is 0 Å². The Kier molecular flexibility index (Phi) is 7.52. The Bertz CT molecular complexity index is 1940. The summed E-state index contributed by atoms with van der Waals surface area (Å²) in [5, 5.41) is 25.0. The number of nitrogens with zero attached hydrogens (tertiary/aromatic N) is 1. The lowest BCUT2D eigenvalue weighted by Crippen LogP contribution is -2.18. The smallest absolute Gasteiger partial charge is 0.311 e. The van der Waals surface area contributed by atoms with E-state index >= 15 is 0 Å². The predicted octanol–water partition coefficient (Wildman–Crippen LogP) is 8.24. The van der Waals surface area contributed by atoms with Crippen molar-refractivity contribution in [1.82, 2.24) is 4.98 Å². The van der Waals surface area contributed by atoms with Gasteiger partial charge in [0.1, 0.15) is 11.3 Å². The van der Waals surface area contributed by atoms with Gasteiger partial charge in [0, 0.05) is 17.4 Å². The molecule has 0 bridgehead atoms. The van der Waals surface area contributed by atoms with Crippen LogP contribution in [0.25, 0.3) is 21.7 Å². The van der Waals surface area contributed by atoms with E-state index in [0.717, 1.165) is 32.8 Å². The van der Waals surface area contributed by atoms with Gasteiger partial charge in [0.05, 0.1) is 17.7 Å². The molecule has 4 aromatic carbocycles. The van der Waals surface area contributed by atoms with Crippen molar-refractivity contribution in [2.24, 2.45) is 0 Å². The van der Waals surface area contributed by atoms with Crippen molar-refractivity contribution in [1.29, 1.82) is 0 Å². The van der Waals surface area contributed by atoms with Crippen molar-refractivity contribution in [2.75, 3.05) is 0 Å². The summed E-state index contributed by atoms with van der Waals surface area (Å²) in [6.07, 6.45) is -0.445. The van der Waals surface area contributed by atoms with Gasteiger partial charge in [0.25, 0.3) is 0 Å². The van der Waals surface area contributed by atoms with Crippen LogP contribution in [0.1, 0.15) is 98.3 Å². The molecule has 6 heteroatoms. The normalized spacial score (nSPS) is 16.7. The molecule has 2 unspecified atom stereocenters. The number of esters is 1. The summed E-state index contributed by atoms with van der Waals surface area (Å²) in [6.45, 7) is 12.4. The molecule has 0 radical (unpaired) electrons. The molecule has 6 nitrogen and oxygen atoms in total. The van der Waals surface area contributed by atoms with Crippen LogP contribution >= 0.6 is 0 Å². The first-order chi connectivity index (χ1) is 21.2. The fourth-order valence-electron chi connectivity index (χ4n) is 6.30. The summed E-state index contributed by atoms with van der Waals surface area (Å²) in [4.78, 5) is 31.5. The van der Waals surface area contributed by atoms with Gasteiger partial charge in [-0.2, -0.15) is 0 Å². The number of hydrogen-bond donors (Lipinski definition) is 2. The van der Waals surface area contributed by atoms with Gasteiger partial charge < -0.3 is 14.9 Å². The number of fused-ring (bicyclic) bond motifs is 3. The molecule has 0 fully saturated rings. The summed E-state index contributed by atoms with van der Waals surface area (Å²) >= 11 is 0. The number of benzene rings is 4. The Hall–Kier alpha value is -4.55. The average Bonchev–Trinajstić information content (AvgIpc) is 3.22. The second-order valence-electron chi connectivity index (χ2n) is 14.2. The van der Waals surface area contributed by atoms with E-state index in [1.807, 2.05) is 60.7 Å². The molecule has 45 heavy (non-hydrogen) atoms. The number of aliphatic hydroxyl groups excluding tert-OH is 1. The average molecular weight is 602 g/mol. The zero-order valence-electron chi connectivity index (χ0n) is 26.6. The van der Waals surface area contributed by atoms with Gasteiger partial charge in [-0.3, -0.25) is 9.59 Å². The van der Waals surface area contributed by atoms with E-state index in [1.54, 1.807) is 18.2 Å². The molecule has 0 spiro atoms. The Morgan fingerprint density at radius 2 is 1.44 bits per heavy atom. The Balaban J connectivity index is 1.26. The Morgan fingerprint density at radius 1 is 0.822 bits per heavy atom. The summed E-state index contributed by atoms with van der Waals surface area (Å²) in [5.74, 6) is -0.829. The van der Waals surface area contributed by atoms with Gasteiger partial charge in [-0.25, -0.2) is 4.98 Å². The number of aliphatic hydroxyl groups is 1. The van der Waals surface area contributed by atoms with Crippen LogP contribution in [0.15, 0.2) is 78.9 Å². The SMILES string of the molecule is CC(C)(C)c1cc(CCC(=O)Oc2cccc3ccc(C4C(=O)c5cc6ccccc6cc5C4O)nc23)cc(C(C)(C)C)c1O. The molecule has 5 aromatic rings. The molecule has 1 aliphatic rings. The van der Waals surface area contributed by atoms with Crippen LogP contribution in [0.3, 0.4) is 0 Å². The second kappa shape index (κ2) is 11.1. The van der Waals surface area contributed by atoms with E-state index in [4.69, 9.17) is 9.72 Å². The van der Waals surface area contributed by atoms with E-state index in [1.165, 1.54) is 0 Å². The maximum atomic E-state index is 13.6. The summed E-state index contributed by atoms with van der Waals surface area (Å²) < 4.78 is 5.86. The second-order valence-corrected chi connectivity index (χ2v) is 14.2. The van der Waals surface area contributed by atoms with Crippen molar-refractivity contribution in [3.8, 4) is 11.5 Å². The molecule has 0 amide bonds. The van der Waals surface area contributed by atoms with Crippen LogP contribution in [0.4, 0.5) is 0 Å². The third-order valence-corrected chi connectivity index (χ3v) is 8.75. The molecule has 1 aromatic heterocycles. The Labute approximate surface area is 263 Å². The summed E-state index contributed by atoms with van der Waals surface area (Å²) in [5.41, 5.74) is 4.11. The fraction of sp³-hybridized carbons (Fsp3) is 0.308. The zero-order chi connectivity index (χ0) is 32.3. The first-order valence-electron chi connectivity index (χ1n) is 15.4. The molecule has 0 saturated carbocycles. The molecule has 1 heterocycles. The topological polar surface area (TPSA) is 96.7 Å². The third kappa shape index (κ3) is 5.71. The van der Waals surface area contributed by atoms with Gasteiger partial charge >= 0.3 is 5.97 Å². The number of Topliss-reactive ketones (excluding diaryl/α,β-unsaturated/α-hetero) is 1. The maximum Gasteiger partial charge on any atom is 0.311 e. The van der Waals surface area contributed by atoms with E-state index in [-0.39, 0.29) is 23.0 Å². The minimum Gasteiger partial charge on any atom is -0.507 e. The minimum absolute atomic E-state index is 0.136. The van der Waals surface area contributed by atoms with Gasteiger partial charge in [0.15, 0.2) is 11.5 Å². The number of para-hydroxylation sites is 1. The number of phenols is 1. The first-order valence-corrected chi connectivity index (χ1v) is 15.4. The van der Waals surface area contributed by atoms with Crippen LogP contribution in [-0.4, -0.2) is 26.9 Å². The van der Waals surface area contributed by atoms with Gasteiger partial charge in [-0.1, -0.05) is 96.1 Å². The monoisotopic (exact) mass is 601 g/mol. The largest absolute Gasteiger partial charge is 0.507 e. The van der Waals surface area contributed by atoms with E-state index in [2.05, 4.69) is 41.5 Å². The number of ether oxygens (including phenoxy) is 1. The molecule has 6 rings (SSSR count). The lowest BCUT2D eigenvalue weighted by Gasteiger charge is -2.28. The van der Waals surface area contributed by atoms with E-state index in [0.29, 0.717) is 40.3 Å². The molecule has 230 valence electrons. The number of hydrogen-bond acceptors (Lipinski definition) is 6. The van der Waals surface area contributed by atoms with Crippen molar-refractivity contribution >= 4 is 33.4 Å². The number of pyridine rings is 1. The minimum atomic E-state index is -1.03. The molecule has 1 aliphatic carbocycles. The van der Waals surface area contributed by atoms with Crippen molar-refractivity contribution in [2.45, 2.75) is 77.2 Å². The van der Waals surface area contributed by atoms with E-state index < -0.39 is 18.0 Å². The van der Waals surface area contributed by atoms with Crippen molar-refractivity contribution in [3.05, 3.63) is 112 Å². The van der Waals surface area contributed by atoms with Crippen molar-refractivity contribution < 1.29 is 24.5 Å². The van der Waals surface area contributed by atoms with Crippen molar-refractivity contribution in [3.63, 3.8) is 0 Å². The molecule has 0 aliphatic heterocycles. The number of ketones is 1. The molecule has 0 saturated heterocycles. The third-order valence-electron chi connectivity index (χ3n) is 8.75. The lowest BCUT2D eigenvalue weighted by atomic mass is 9.78. The van der Waals surface area contributed by atoms with Gasteiger partial charge in [-0.15, -0.1) is 0 Å². The molecule has 2 N–H and O–H groups in total. The number of aromatic nitrogens is 1. The quantitative estimate of drug-likeness (QED) is 0.156. The lowest BCUT2D eigenvalue weighted by molar-refractivity contribution is -0.134. The molecular weight excluding hydrogens is 562 g/mol. The first kappa shape index (κ1) is 30.5. The van der Waals surface area contributed by atoms with Gasteiger partial charge in [-0.05, 0) is 74.5 Å². The predicted molar refractivity (Wildman–Crippen MR) is 177 cm³/mol. The highest BCUT2D eigenvalue weighted by molar-refractivity contribution is 6.08. The van der Waals surface area contributed by atoms with E-state index in [9.17, 15) is 19.8 Å². The van der Waals surface area contributed by atoms with Gasteiger partial charge in [0.2, 0.25) is 0 Å². The molecule has 2 atom stereocenters. The fourth-order valence-corrected chi connectivity index (χ4v) is 6.30. The zero-order valence-corrected chi connectivity index (χ0v) is 26.6. The number of aromatic hydroxyl groups is 1. The standard InChI is InChI=1S/C39H39NO5/c1-38(2,3)28-18-22(19-29(37(28)44)39(4,5)6)14-17-32(41)45-31-13-9-12-23-15-16-30(40-34(23)31)33-35(42)26-20-24-10-7-8-11-25(24)21-27(26)36(33)43/h7-13,15-16,18-21,33,35,42,44H,14,17H2,1-6H3. The van der Waals surface area contributed by atoms with Crippen LogP contribution in [0, 0.1) is 0 Å². The number of rotatable bonds is 5. The number of phenolic OH excluding ortho intramolecular Hbond substituents is 1. The highest BCUT2D eigenvalue weighted by Crippen LogP contribution is 2.44. The number of aryl methyl sites for hydroxylation is 1. The highest BCUT2D eigenvalue weighted by Gasteiger charge is 2.41. The van der Waals surface area contributed by atoms with Crippen LogP contribution < -0.4 is 4.74 Å². The van der Waals surface area contributed by atoms with Crippen LogP contribution in [0.5, 0.6) is 11.5 Å².